The first-order valence-corrected chi connectivity index (χ1v) is 8.01. The summed E-state index contributed by atoms with van der Waals surface area (Å²) in [5.74, 6) is 0.880. The van der Waals surface area contributed by atoms with Gasteiger partial charge in [-0.15, -0.1) is 0 Å². The number of hydrogen-bond acceptors (Lipinski definition) is 3. The summed E-state index contributed by atoms with van der Waals surface area (Å²) < 4.78 is 5.62. The molecule has 0 saturated heterocycles. The minimum Gasteiger partial charge on any atom is -0.494 e. The molecule has 0 unspecified atom stereocenters. The summed E-state index contributed by atoms with van der Waals surface area (Å²) in [4.78, 5) is 11.6. The third-order valence-electron chi connectivity index (χ3n) is 4.01. The Morgan fingerprint density at radius 3 is 2.59 bits per heavy atom. The maximum absolute atomic E-state index is 11.6. The highest BCUT2D eigenvalue weighted by molar-refractivity contribution is 5.73. The van der Waals surface area contributed by atoms with Gasteiger partial charge < -0.3 is 20.5 Å². The summed E-state index contributed by atoms with van der Waals surface area (Å²) in [5, 5.41) is 15.4. The van der Waals surface area contributed by atoms with Crippen LogP contribution in [0, 0.1) is 6.92 Å². The number of rotatable bonds is 8. The SMILES string of the molecule is Cc1ccc(OCCCCNC(=O)NCC2(O)CCC2)cc1. The van der Waals surface area contributed by atoms with Crippen molar-refractivity contribution < 1.29 is 14.6 Å². The van der Waals surface area contributed by atoms with Crippen molar-refractivity contribution >= 4 is 6.03 Å². The van der Waals surface area contributed by atoms with Gasteiger partial charge in [0.05, 0.1) is 12.2 Å². The van der Waals surface area contributed by atoms with E-state index in [4.69, 9.17) is 4.74 Å². The monoisotopic (exact) mass is 306 g/mol. The van der Waals surface area contributed by atoms with Crippen molar-refractivity contribution in [3.63, 3.8) is 0 Å². The average molecular weight is 306 g/mol. The topological polar surface area (TPSA) is 70.6 Å². The zero-order valence-corrected chi connectivity index (χ0v) is 13.2. The fraction of sp³-hybridized carbons (Fsp3) is 0.588. The lowest BCUT2D eigenvalue weighted by molar-refractivity contribution is -0.0290. The predicted octanol–water partition coefficient (Wildman–Crippen LogP) is 2.37. The van der Waals surface area contributed by atoms with Gasteiger partial charge in [0, 0.05) is 13.1 Å². The molecule has 122 valence electrons. The van der Waals surface area contributed by atoms with Crippen LogP contribution in [0.1, 0.15) is 37.7 Å². The van der Waals surface area contributed by atoms with Crippen molar-refractivity contribution in [3.8, 4) is 5.75 Å². The first-order valence-electron chi connectivity index (χ1n) is 8.01. The summed E-state index contributed by atoms with van der Waals surface area (Å²) in [6.45, 7) is 3.65. The molecule has 0 atom stereocenters. The average Bonchev–Trinajstić information content (AvgIpc) is 2.48. The van der Waals surface area contributed by atoms with Crippen LogP contribution < -0.4 is 15.4 Å². The maximum Gasteiger partial charge on any atom is 0.314 e. The quantitative estimate of drug-likeness (QED) is 0.646. The fourth-order valence-electron chi connectivity index (χ4n) is 2.32. The van der Waals surface area contributed by atoms with E-state index in [1.54, 1.807) is 0 Å². The van der Waals surface area contributed by atoms with Crippen LogP contribution in [0.4, 0.5) is 4.79 Å². The van der Waals surface area contributed by atoms with Crippen molar-refractivity contribution in [1.82, 2.24) is 10.6 Å². The molecule has 1 aromatic carbocycles. The van der Waals surface area contributed by atoms with Crippen molar-refractivity contribution in [3.05, 3.63) is 29.8 Å². The van der Waals surface area contributed by atoms with E-state index in [0.29, 0.717) is 19.7 Å². The van der Waals surface area contributed by atoms with Gasteiger partial charge in [-0.1, -0.05) is 17.7 Å². The van der Waals surface area contributed by atoms with E-state index in [1.165, 1.54) is 5.56 Å². The number of unbranched alkanes of at least 4 members (excludes halogenated alkanes) is 1. The second-order valence-corrected chi connectivity index (χ2v) is 6.06. The molecule has 22 heavy (non-hydrogen) atoms. The van der Waals surface area contributed by atoms with Crippen LogP contribution in [-0.4, -0.2) is 36.4 Å². The van der Waals surface area contributed by atoms with Crippen molar-refractivity contribution in [2.45, 2.75) is 44.6 Å². The minimum absolute atomic E-state index is 0.209. The summed E-state index contributed by atoms with van der Waals surface area (Å²) in [5.41, 5.74) is 0.549. The van der Waals surface area contributed by atoms with Crippen LogP contribution >= 0.6 is 0 Å². The van der Waals surface area contributed by atoms with E-state index in [1.807, 2.05) is 31.2 Å². The molecule has 1 aliphatic rings. The number of aryl methyl sites for hydroxylation is 1. The van der Waals surface area contributed by atoms with Gasteiger partial charge >= 0.3 is 6.03 Å². The van der Waals surface area contributed by atoms with Gasteiger partial charge in [0.2, 0.25) is 0 Å². The number of carbonyl (C=O) groups excluding carboxylic acids is 1. The number of hydrogen-bond donors (Lipinski definition) is 3. The first-order chi connectivity index (χ1) is 10.6. The molecule has 1 fully saturated rings. The predicted molar refractivity (Wildman–Crippen MR) is 86.1 cm³/mol. The number of amides is 2. The number of nitrogens with one attached hydrogen (secondary N) is 2. The summed E-state index contributed by atoms with van der Waals surface area (Å²) >= 11 is 0. The minimum atomic E-state index is -0.667. The summed E-state index contributed by atoms with van der Waals surface area (Å²) in [6.07, 6.45) is 4.36. The normalized spacial score (nSPS) is 15.7. The number of aliphatic hydroxyl groups is 1. The smallest absolute Gasteiger partial charge is 0.314 e. The highest BCUT2D eigenvalue weighted by Gasteiger charge is 2.34. The lowest BCUT2D eigenvalue weighted by Gasteiger charge is -2.36. The Balaban J connectivity index is 1.46. The maximum atomic E-state index is 11.6. The number of ether oxygens (including phenoxy) is 1. The van der Waals surface area contributed by atoms with Gasteiger partial charge in [-0.3, -0.25) is 0 Å². The molecule has 3 N–H and O–H groups in total. The molecule has 2 amide bonds. The highest BCUT2D eigenvalue weighted by atomic mass is 16.5. The van der Waals surface area contributed by atoms with Crippen molar-refractivity contribution in [2.24, 2.45) is 0 Å². The van der Waals surface area contributed by atoms with Crippen LogP contribution in [0.15, 0.2) is 24.3 Å². The molecule has 1 aromatic rings. The Hall–Kier alpha value is -1.75. The van der Waals surface area contributed by atoms with E-state index >= 15 is 0 Å². The van der Waals surface area contributed by atoms with Gasteiger partial charge in [0.15, 0.2) is 0 Å². The second kappa shape index (κ2) is 8.03. The van der Waals surface area contributed by atoms with Crippen LogP contribution in [0.5, 0.6) is 5.75 Å². The van der Waals surface area contributed by atoms with Crippen LogP contribution in [0.3, 0.4) is 0 Å². The molecule has 1 aliphatic carbocycles. The number of benzene rings is 1. The standard InChI is InChI=1S/C17H26N2O3/c1-14-5-7-15(8-6-14)22-12-3-2-11-18-16(20)19-13-17(21)9-4-10-17/h5-8,21H,2-4,9-13H2,1H3,(H2,18,19,20). The highest BCUT2D eigenvalue weighted by Crippen LogP contribution is 2.30. The van der Waals surface area contributed by atoms with E-state index in [2.05, 4.69) is 10.6 Å². The molecular weight excluding hydrogens is 280 g/mol. The zero-order valence-electron chi connectivity index (χ0n) is 13.2. The Bertz CT molecular complexity index is 469. The first kappa shape index (κ1) is 16.6. The number of carbonyl (C=O) groups is 1. The third kappa shape index (κ3) is 5.56. The van der Waals surface area contributed by atoms with E-state index < -0.39 is 5.60 Å². The Morgan fingerprint density at radius 2 is 1.95 bits per heavy atom. The molecular formula is C17H26N2O3. The van der Waals surface area contributed by atoms with Crippen LogP contribution in [0.2, 0.25) is 0 Å². The molecule has 2 rings (SSSR count). The second-order valence-electron chi connectivity index (χ2n) is 6.06. The zero-order chi connectivity index (χ0) is 15.8. The van der Waals surface area contributed by atoms with E-state index in [0.717, 1.165) is 37.9 Å². The van der Waals surface area contributed by atoms with E-state index in [-0.39, 0.29) is 6.03 Å². The van der Waals surface area contributed by atoms with Gasteiger partial charge in [-0.2, -0.15) is 0 Å². The number of urea groups is 1. The summed E-state index contributed by atoms with van der Waals surface area (Å²) in [7, 11) is 0. The van der Waals surface area contributed by atoms with E-state index in [9.17, 15) is 9.90 Å². The molecule has 5 nitrogen and oxygen atoms in total. The molecule has 0 spiro atoms. The molecule has 0 bridgehead atoms. The van der Waals surface area contributed by atoms with Gasteiger partial charge in [0.25, 0.3) is 0 Å². The molecule has 1 saturated carbocycles. The molecule has 0 heterocycles. The lowest BCUT2D eigenvalue weighted by atomic mass is 9.80. The fourth-order valence-corrected chi connectivity index (χ4v) is 2.32. The molecule has 0 radical (unpaired) electrons. The van der Waals surface area contributed by atoms with Gasteiger partial charge in [-0.05, 0) is 51.2 Å². The third-order valence-corrected chi connectivity index (χ3v) is 4.01. The van der Waals surface area contributed by atoms with Crippen LogP contribution in [-0.2, 0) is 0 Å². The molecule has 5 heteroatoms. The molecule has 0 aromatic heterocycles. The molecule has 0 aliphatic heterocycles. The van der Waals surface area contributed by atoms with Crippen LogP contribution in [0.25, 0.3) is 0 Å². The Labute approximate surface area is 132 Å². The summed E-state index contributed by atoms with van der Waals surface area (Å²) in [6, 6.07) is 7.77. The Kier molecular flexibility index (Phi) is 6.07. The van der Waals surface area contributed by atoms with Crippen molar-refractivity contribution in [1.29, 1.82) is 0 Å². The van der Waals surface area contributed by atoms with Crippen molar-refractivity contribution in [2.75, 3.05) is 19.7 Å². The van der Waals surface area contributed by atoms with Gasteiger partial charge in [-0.25, -0.2) is 4.79 Å². The Morgan fingerprint density at radius 1 is 1.23 bits per heavy atom. The largest absolute Gasteiger partial charge is 0.494 e. The van der Waals surface area contributed by atoms with Gasteiger partial charge in [0.1, 0.15) is 5.75 Å². The lowest BCUT2D eigenvalue weighted by Crippen LogP contribution is -2.50.